The molecule has 1 aromatic rings. The molecule has 0 radical (unpaired) electrons. The van der Waals surface area contributed by atoms with Crippen molar-refractivity contribution in [2.24, 2.45) is 0 Å². The Morgan fingerprint density at radius 2 is 1.93 bits per heavy atom. The van der Waals surface area contributed by atoms with Crippen molar-refractivity contribution in [1.29, 1.82) is 0 Å². The number of carbonyl (C=O) groups excluding carboxylic acids is 1. The van der Waals surface area contributed by atoms with Crippen LogP contribution in [0.15, 0.2) is 18.2 Å². The van der Waals surface area contributed by atoms with Crippen LogP contribution in [-0.2, 0) is 11.0 Å². The van der Waals surface area contributed by atoms with E-state index in [1.165, 1.54) is 0 Å². The van der Waals surface area contributed by atoms with E-state index in [9.17, 15) is 22.4 Å². The molecule has 15 heavy (non-hydrogen) atoms. The first-order valence-electron chi connectivity index (χ1n) is 3.77. The van der Waals surface area contributed by atoms with Crippen LogP contribution in [0.3, 0.4) is 0 Å². The molecule has 0 N–H and O–H groups in total. The maximum atomic E-state index is 12.9. The predicted molar refractivity (Wildman–Crippen MR) is 44.3 cm³/mol. The first kappa shape index (κ1) is 11.2. The molecule has 0 saturated heterocycles. The van der Waals surface area contributed by atoms with Gasteiger partial charge in [-0.05, 0) is 18.1 Å². The Labute approximate surface area is 82.7 Å². The highest BCUT2D eigenvalue weighted by Crippen LogP contribution is 2.33. The van der Waals surface area contributed by atoms with E-state index in [1.54, 1.807) is 0 Å². The normalized spacial score (nSPS) is 10.4. The summed E-state index contributed by atoms with van der Waals surface area (Å²) < 4.78 is 49.9. The van der Waals surface area contributed by atoms with Gasteiger partial charge in [0.05, 0.1) is 0 Å². The van der Waals surface area contributed by atoms with E-state index < -0.39 is 23.1 Å². The quantitative estimate of drug-likeness (QED) is 0.369. The fraction of sp³-hybridized carbons (Fsp3) is 0.100. The van der Waals surface area contributed by atoms with Crippen LogP contribution in [0.25, 0.3) is 0 Å². The first-order valence-corrected chi connectivity index (χ1v) is 3.77. The van der Waals surface area contributed by atoms with Crippen LogP contribution in [0.5, 0.6) is 0 Å². The zero-order chi connectivity index (χ0) is 11.5. The molecule has 5 heteroatoms. The van der Waals surface area contributed by atoms with Gasteiger partial charge in [-0.3, -0.25) is 4.79 Å². The fourth-order valence-electron chi connectivity index (χ4n) is 1.02. The summed E-state index contributed by atoms with van der Waals surface area (Å²) in [5.41, 5.74) is -1.99. The Morgan fingerprint density at radius 1 is 1.27 bits per heavy atom. The maximum Gasteiger partial charge on any atom is 0.420 e. The van der Waals surface area contributed by atoms with Gasteiger partial charge >= 0.3 is 6.18 Å². The second kappa shape index (κ2) is 4.13. The molecule has 0 heterocycles. The third-order valence-corrected chi connectivity index (χ3v) is 1.56. The number of rotatable bonds is 0. The van der Waals surface area contributed by atoms with E-state index in [2.05, 4.69) is 0 Å². The molecule has 1 aromatic carbocycles. The van der Waals surface area contributed by atoms with Crippen LogP contribution in [0.4, 0.5) is 17.6 Å². The van der Waals surface area contributed by atoms with Gasteiger partial charge in [0.15, 0.2) is 6.29 Å². The van der Waals surface area contributed by atoms with Gasteiger partial charge in [-0.2, -0.15) is 13.2 Å². The highest BCUT2D eigenvalue weighted by atomic mass is 19.4. The Hall–Kier alpha value is -1.83. The summed E-state index contributed by atoms with van der Waals surface area (Å²) in [4.78, 5) is 9.88. The Bertz CT molecular complexity index is 437. The van der Waals surface area contributed by atoms with Gasteiger partial charge in [-0.1, -0.05) is 12.0 Å². The molecule has 0 aromatic heterocycles. The third kappa shape index (κ3) is 2.56. The molecule has 0 unspecified atom stereocenters. The summed E-state index contributed by atoms with van der Waals surface area (Å²) in [7, 11) is 0. The van der Waals surface area contributed by atoms with Gasteiger partial charge in [0.2, 0.25) is 0 Å². The van der Waals surface area contributed by atoms with Crippen LogP contribution >= 0.6 is 0 Å². The minimum absolute atomic E-state index is 0.144. The summed E-state index contributed by atoms with van der Waals surface area (Å²) in [6.45, 7) is 0. The summed E-state index contributed by atoms with van der Waals surface area (Å²) in [6.07, 6.45) is -4.68. The molecule has 0 bridgehead atoms. The molecular weight excluding hydrogens is 212 g/mol. The number of hydrogen-bond acceptors (Lipinski definition) is 1. The molecule has 0 aliphatic heterocycles. The molecule has 0 amide bonds. The largest absolute Gasteiger partial charge is 0.420 e. The summed E-state index contributed by atoms with van der Waals surface area (Å²) in [5.74, 6) is 2.34. The molecule has 78 valence electrons. The van der Waals surface area contributed by atoms with Crippen molar-refractivity contribution in [3.63, 3.8) is 0 Å². The van der Waals surface area contributed by atoms with Gasteiger partial charge in [-0.15, -0.1) is 0 Å². The molecular formula is C10H4F4O. The van der Waals surface area contributed by atoms with Gasteiger partial charge in [0, 0.05) is 5.56 Å². The highest BCUT2D eigenvalue weighted by molar-refractivity contribution is 5.74. The van der Waals surface area contributed by atoms with Crippen LogP contribution in [0, 0.1) is 17.7 Å². The standard InChI is InChI=1S/C10H4F4O/c11-8-5-1-3-7(4-2-6-15)9(8)10(12,13)14/h1,3,5-6H. The SMILES string of the molecule is O=CC#Cc1cccc(F)c1C(F)(F)F. The van der Waals surface area contributed by atoms with E-state index in [4.69, 9.17) is 0 Å². The lowest BCUT2D eigenvalue weighted by molar-refractivity contribution is -0.140. The molecule has 0 saturated carbocycles. The Morgan fingerprint density at radius 3 is 2.47 bits per heavy atom. The van der Waals surface area contributed by atoms with Crippen molar-refractivity contribution in [1.82, 2.24) is 0 Å². The first-order chi connectivity index (χ1) is 6.96. The third-order valence-electron chi connectivity index (χ3n) is 1.56. The van der Waals surface area contributed by atoms with E-state index in [0.29, 0.717) is 6.07 Å². The second-order valence-electron chi connectivity index (χ2n) is 2.55. The number of alkyl halides is 3. The van der Waals surface area contributed by atoms with E-state index >= 15 is 0 Å². The van der Waals surface area contributed by atoms with E-state index in [1.807, 2.05) is 11.8 Å². The van der Waals surface area contributed by atoms with Crippen molar-refractivity contribution < 1.29 is 22.4 Å². The van der Waals surface area contributed by atoms with E-state index in [0.717, 1.165) is 12.1 Å². The highest BCUT2D eigenvalue weighted by Gasteiger charge is 2.36. The average molecular weight is 216 g/mol. The second-order valence-corrected chi connectivity index (χ2v) is 2.55. The molecule has 1 rings (SSSR count). The molecule has 0 atom stereocenters. The van der Waals surface area contributed by atoms with E-state index in [-0.39, 0.29) is 6.29 Å². The number of aldehydes is 1. The minimum Gasteiger partial charge on any atom is -0.289 e. The lowest BCUT2D eigenvalue weighted by Crippen LogP contribution is -2.10. The lowest BCUT2D eigenvalue weighted by atomic mass is 10.1. The number of carbonyl (C=O) groups is 1. The summed E-state index contributed by atoms with van der Waals surface area (Å²) in [6, 6.07) is 2.79. The van der Waals surface area contributed by atoms with Gasteiger partial charge in [0.25, 0.3) is 0 Å². The number of halogens is 4. The minimum atomic E-state index is -4.82. The predicted octanol–water partition coefficient (Wildman–Crippen LogP) is 2.39. The number of hydrogen-bond donors (Lipinski definition) is 0. The molecule has 0 aliphatic rings. The van der Waals surface area contributed by atoms with Crippen molar-refractivity contribution in [3.05, 3.63) is 35.1 Å². The fourth-order valence-corrected chi connectivity index (χ4v) is 1.02. The van der Waals surface area contributed by atoms with Gasteiger partial charge in [0.1, 0.15) is 11.4 Å². The van der Waals surface area contributed by atoms with Crippen LogP contribution in [-0.4, -0.2) is 6.29 Å². The van der Waals surface area contributed by atoms with Crippen molar-refractivity contribution in [2.75, 3.05) is 0 Å². The Kier molecular flexibility index (Phi) is 3.10. The van der Waals surface area contributed by atoms with Crippen molar-refractivity contribution in [2.45, 2.75) is 6.18 Å². The zero-order valence-corrected chi connectivity index (χ0v) is 7.23. The molecule has 0 fully saturated rings. The summed E-state index contributed by atoms with van der Waals surface area (Å²) >= 11 is 0. The van der Waals surface area contributed by atoms with Crippen molar-refractivity contribution in [3.8, 4) is 11.8 Å². The van der Waals surface area contributed by atoms with Crippen LogP contribution < -0.4 is 0 Å². The Balaban J connectivity index is 3.39. The molecule has 0 aliphatic carbocycles. The molecule has 0 spiro atoms. The zero-order valence-electron chi connectivity index (χ0n) is 7.23. The molecule has 1 nitrogen and oxygen atoms in total. The summed E-state index contributed by atoms with van der Waals surface area (Å²) in [5, 5.41) is 0. The van der Waals surface area contributed by atoms with Crippen LogP contribution in [0.1, 0.15) is 11.1 Å². The maximum absolute atomic E-state index is 12.9. The number of benzene rings is 1. The average Bonchev–Trinajstić information content (AvgIpc) is 2.12. The smallest absolute Gasteiger partial charge is 0.289 e. The lowest BCUT2D eigenvalue weighted by Gasteiger charge is -2.09. The van der Waals surface area contributed by atoms with Crippen LogP contribution in [0.2, 0.25) is 0 Å². The van der Waals surface area contributed by atoms with Crippen molar-refractivity contribution >= 4 is 6.29 Å². The van der Waals surface area contributed by atoms with Gasteiger partial charge < -0.3 is 0 Å². The van der Waals surface area contributed by atoms with Gasteiger partial charge in [-0.25, -0.2) is 4.39 Å². The monoisotopic (exact) mass is 216 g/mol. The topological polar surface area (TPSA) is 17.1 Å².